The van der Waals surface area contributed by atoms with Gasteiger partial charge in [0.15, 0.2) is 0 Å². The average molecular weight is 444 g/mol. The van der Waals surface area contributed by atoms with Crippen LogP contribution in [-0.4, -0.2) is 29.9 Å². The van der Waals surface area contributed by atoms with Gasteiger partial charge in [-0.15, -0.1) is 0 Å². The molecule has 0 fully saturated rings. The summed E-state index contributed by atoms with van der Waals surface area (Å²) < 4.78 is 17.9. The largest absolute Gasteiger partial charge is 0.497 e. The molecule has 1 heterocycles. The predicted octanol–water partition coefficient (Wildman–Crippen LogP) is 4.78. The van der Waals surface area contributed by atoms with E-state index in [-0.39, 0.29) is 5.91 Å². The highest BCUT2D eigenvalue weighted by Crippen LogP contribution is 2.19. The van der Waals surface area contributed by atoms with Crippen LogP contribution in [0.3, 0.4) is 0 Å². The van der Waals surface area contributed by atoms with Gasteiger partial charge in [0.25, 0.3) is 5.91 Å². The number of nitrogens with one attached hydrogen (secondary N) is 1. The van der Waals surface area contributed by atoms with Crippen molar-refractivity contribution in [2.24, 2.45) is 0 Å². The van der Waals surface area contributed by atoms with E-state index >= 15 is 0 Å². The van der Waals surface area contributed by atoms with Crippen molar-refractivity contribution >= 4 is 11.6 Å². The molecule has 1 aromatic heterocycles. The minimum Gasteiger partial charge on any atom is -0.497 e. The molecule has 4 rings (SSSR count). The Bertz CT molecular complexity index is 1200. The van der Waals surface area contributed by atoms with Crippen LogP contribution in [0.5, 0.6) is 17.2 Å². The number of carbonyl (C=O) groups excluding carboxylic acids is 1. The van der Waals surface area contributed by atoms with E-state index in [0.717, 1.165) is 28.4 Å². The first-order valence-corrected chi connectivity index (χ1v) is 10.5. The SMILES string of the molecule is COc1ccc(OCc2ccc(C(=O)Nc3cnn(Cc4cccc(OC)c4)c3)cc2)cc1. The molecule has 0 aliphatic heterocycles. The summed E-state index contributed by atoms with van der Waals surface area (Å²) in [5, 5.41) is 7.21. The lowest BCUT2D eigenvalue weighted by Crippen LogP contribution is -2.11. The number of rotatable bonds is 9. The molecule has 7 nitrogen and oxygen atoms in total. The number of benzene rings is 3. The summed E-state index contributed by atoms with van der Waals surface area (Å²) in [5.74, 6) is 2.14. The molecule has 0 radical (unpaired) electrons. The number of aromatic nitrogens is 2. The maximum absolute atomic E-state index is 12.6. The minimum atomic E-state index is -0.196. The summed E-state index contributed by atoms with van der Waals surface area (Å²) in [6, 6.07) is 22.5. The average Bonchev–Trinajstić information content (AvgIpc) is 3.29. The van der Waals surface area contributed by atoms with Gasteiger partial charge in [-0.05, 0) is 59.7 Å². The van der Waals surface area contributed by atoms with Crippen molar-refractivity contribution in [3.63, 3.8) is 0 Å². The van der Waals surface area contributed by atoms with E-state index < -0.39 is 0 Å². The molecule has 0 bridgehead atoms. The third-order valence-electron chi connectivity index (χ3n) is 5.05. The Balaban J connectivity index is 1.31. The van der Waals surface area contributed by atoms with Gasteiger partial charge in [-0.2, -0.15) is 5.10 Å². The van der Waals surface area contributed by atoms with Gasteiger partial charge in [0, 0.05) is 11.8 Å². The highest BCUT2D eigenvalue weighted by molar-refractivity contribution is 6.04. The van der Waals surface area contributed by atoms with E-state index in [2.05, 4.69) is 10.4 Å². The number of hydrogen-bond donors (Lipinski definition) is 1. The van der Waals surface area contributed by atoms with Crippen molar-refractivity contribution in [3.05, 3.63) is 102 Å². The van der Waals surface area contributed by atoms with Crippen LogP contribution >= 0.6 is 0 Å². The van der Waals surface area contributed by atoms with E-state index in [0.29, 0.717) is 24.4 Å². The number of anilines is 1. The second-order valence-corrected chi connectivity index (χ2v) is 7.39. The summed E-state index contributed by atoms with van der Waals surface area (Å²) >= 11 is 0. The highest BCUT2D eigenvalue weighted by Gasteiger charge is 2.09. The fraction of sp³-hybridized carbons (Fsp3) is 0.154. The van der Waals surface area contributed by atoms with Crippen molar-refractivity contribution in [2.75, 3.05) is 19.5 Å². The number of carbonyl (C=O) groups is 1. The summed E-state index contributed by atoms with van der Waals surface area (Å²) in [6.45, 7) is 0.987. The molecule has 0 saturated heterocycles. The van der Waals surface area contributed by atoms with Crippen LogP contribution in [0.4, 0.5) is 5.69 Å². The third kappa shape index (κ3) is 5.92. The molecule has 3 aromatic carbocycles. The maximum Gasteiger partial charge on any atom is 0.255 e. The number of nitrogens with zero attached hydrogens (tertiary/aromatic N) is 2. The van der Waals surface area contributed by atoms with Gasteiger partial charge in [0.05, 0.1) is 32.6 Å². The van der Waals surface area contributed by atoms with E-state index in [1.54, 1.807) is 43.4 Å². The van der Waals surface area contributed by atoms with Crippen molar-refractivity contribution in [2.45, 2.75) is 13.2 Å². The van der Waals surface area contributed by atoms with Crippen LogP contribution < -0.4 is 19.5 Å². The fourth-order valence-electron chi connectivity index (χ4n) is 3.27. The van der Waals surface area contributed by atoms with Crippen LogP contribution in [0.1, 0.15) is 21.5 Å². The molecule has 7 heteroatoms. The first-order valence-electron chi connectivity index (χ1n) is 10.5. The van der Waals surface area contributed by atoms with Crippen molar-refractivity contribution < 1.29 is 19.0 Å². The first-order chi connectivity index (χ1) is 16.1. The second-order valence-electron chi connectivity index (χ2n) is 7.39. The van der Waals surface area contributed by atoms with Gasteiger partial charge in [0.1, 0.15) is 23.9 Å². The Morgan fingerprint density at radius 2 is 1.61 bits per heavy atom. The Morgan fingerprint density at radius 1 is 0.879 bits per heavy atom. The normalized spacial score (nSPS) is 10.5. The molecule has 33 heavy (non-hydrogen) atoms. The first kappa shape index (κ1) is 22.0. The molecule has 0 aliphatic rings. The Hall–Kier alpha value is -4.26. The molecule has 0 unspecified atom stereocenters. The maximum atomic E-state index is 12.6. The Labute approximate surface area is 192 Å². The summed E-state index contributed by atoms with van der Waals surface area (Å²) in [7, 11) is 3.27. The van der Waals surface area contributed by atoms with E-state index in [9.17, 15) is 4.79 Å². The summed E-state index contributed by atoms with van der Waals surface area (Å²) in [6.07, 6.45) is 3.43. The van der Waals surface area contributed by atoms with Crippen LogP contribution in [0, 0.1) is 0 Å². The van der Waals surface area contributed by atoms with Gasteiger partial charge in [0.2, 0.25) is 0 Å². The molecular weight excluding hydrogens is 418 g/mol. The van der Waals surface area contributed by atoms with Gasteiger partial charge in [-0.1, -0.05) is 24.3 Å². The van der Waals surface area contributed by atoms with Crippen LogP contribution in [0.25, 0.3) is 0 Å². The van der Waals surface area contributed by atoms with Gasteiger partial charge in [-0.25, -0.2) is 0 Å². The molecule has 0 aliphatic carbocycles. The predicted molar refractivity (Wildman–Crippen MR) is 126 cm³/mol. The quantitative estimate of drug-likeness (QED) is 0.403. The molecule has 1 amide bonds. The number of amides is 1. The summed E-state index contributed by atoms with van der Waals surface area (Å²) in [5.41, 5.74) is 3.22. The Morgan fingerprint density at radius 3 is 2.33 bits per heavy atom. The van der Waals surface area contributed by atoms with Gasteiger partial charge in [-0.3, -0.25) is 9.48 Å². The van der Waals surface area contributed by atoms with Crippen LogP contribution in [-0.2, 0) is 13.2 Å². The van der Waals surface area contributed by atoms with E-state index in [1.165, 1.54) is 0 Å². The zero-order valence-corrected chi connectivity index (χ0v) is 18.5. The standard InChI is InChI=1S/C26H25N3O4/c1-31-23-10-12-24(13-11-23)33-18-19-6-8-21(9-7-19)26(30)28-22-15-27-29(17-22)16-20-4-3-5-25(14-20)32-2/h3-15,17H,16,18H2,1-2H3,(H,28,30). The molecule has 0 spiro atoms. The fourth-order valence-corrected chi connectivity index (χ4v) is 3.27. The lowest BCUT2D eigenvalue weighted by atomic mass is 10.1. The lowest BCUT2D eigenvalue weighted by Gasteiger charge is -2.08. The topological polar surface area (TPSA) is 74.6 Å². The smallest absolute Gasteiger partial charge is 0.255 e. The van der Waals surface area contributed by atoms with Gasteiger partial charge >= 0.3 is 0 Å². The van der Waals surface area contributed by atoms with Crippen molar-refractivity contribution in [1.82, 2.24) is 9.78 Å². The van der Waals surface area contributed by atoms with Crippen molar-refractivity contribution in [1.29, 1.82) is 0 Å². The minimum absolute atomic E-state index is 0.196. The second kappa shape index (κ2) is 10.4. The molecular formula is C26H25N3O4. The van der Waals surface area contributed by atoms with Crippen LogP contribution in [0.15, 0.2) is 85.2 Å². The van der Waals surface area contributed by atoms with E-state index in [4.69, 9.17) is 14.2 Å². The van der Waals surface area contributed by atoms with Crippen molar-refractivity contribution in [3.8, 4) is 17.2 Å². The summed E-state index contributed by atoms with van der Waals surface area (Å²) in [4.78, 5) is 12.6. The molecule has 0 atom stereocenters. The molecule has 1 N–H and O–H groups in total. The lowest BCUT2D eigenvalue weighted by molar-refractivity contribution is 0.102. The third-order valence-corrected chi connectivity index (χ3v) is 5.05. The van der Waals surface area contributed by atoms with Gasteiger partial charge < -0.3 is 19.5 Å². The molecule has 4 aromatic rings. The van der Waals surface area contributed by atoms with E-state index in [1.807, 2.05) is 60.7 Å². The highest BCUT2D eigenvalue weighted by atomic mass is 16.5. The zero-order chi connectivity index (χ0) is 23.0. The number of methoxy groups -OCH3 is 2. The zero-order valence-electron chi connectivity index (χ0n) is 18.5. The van der Waals surface area contributed by atoms with Crippen LogP contribution in [0.2, 0.25) is 0 Å². The molecule has 168 valence electrons. The molecule has 0 saturated carbocycles. The number of ether oxygens (including phenoxy) is 3. The monoisotopic (exact) mass is 443 g/mol. The number of hydrogen-bond acceptors (Lipinski definition) is 5. The Kier molecular flexibility index (Phi) is 6.90.